The van der Waals surface area contributed by atoms with Crippen LogP contribution in [0.4, 0.5) is 0 Å². The average molecular weight is 314 g/mol. The molecule has 1 fully saturated rings. The number of nitrogens with two attached hydrogens (primary N) is 1. The van der Waals surface area contributed by atoms with Crippen molar-refractivity contribution in [2.75, 3.05) is 13.1 Å². The summed E-state index contributed by atoms with van der Waals surface area (Å²) in [6.45, 7) is 2.93. The minimum absolute atomic E-state index is 0.0664. The summed E-state index contributed by atoms with van der Waals surface area (Å²) in [7, 11) is 0. The van der Waals surface area contributed by atoms with Crippen LogP contribution in [0.2, 0.25) is 0 Å². The molecule has 1 saturated heterocycles. The van der Waals surface area contributed by atoms with E-state index in [4.69, 9.17) is 10.3 Å². The maximum Gasteiger partial charge on any atom is 0.249 e. The second-order valence-electron chi connectivity index (χ2n) is 6.00. The summed E-state index contributed by atoms with van der Waals surface area (Å²) in [5.41, 5.74) is 6.55. The van der Waals surface area contributed by atoms with Crippen LogP contribution in [0.5, 0.6) is 0 Å². The van der Waals surface area contributed by atoms with E-state index in [0.29, 0.717) is 18.3 Å². The third kappa shape index (κ3) is 3.27. The van der Waals surface area contributed by atoms with E-state index in [9.17, 15) is 4.79 Å². The number of amides is 1. The summed E-state index contributed by atoms with van der Waals surface area (Å²) in [6, 6.07) is 9.55. The van der Waals surface area contributed by atoms with Crippen molar-refractivity contribution in [3.63, 3.8) is 0 Å². The molecule has 6 heteroatoms. The summed E-state index contributed by atoms with van der Waals surface area (Å²) in [4.78, 5) is 18.9. The van der Waals surface area contributed by atoms with Gasteiger partial charge < -0.3 is 15.2 Å². The first-order valence-corrected chi connectivity index (χ1v) is 8.10. The molecule has 3 rings (SSSR count). The topological polar surface area (TPSA) is 85.3 Å². The van der Waals surface area contributed by atoms with Crippen molar-refractivity contribution in [2.24, 2.45) is 11.7 Å². The van der Waals surface area contributed by atoms with Gasteiger partial charge >= 0.3 is 0 Å². The lowest BCUT2D eigenvalue weighted by atomic mass is 9.99. The predicted octanol–water partition coefficient (Wildman–Crippen LogP) is 2.39. The van der Waals surface area contributed by atoms with E-state index in [1.807, 2.05) is 42.2 Å². The van der Waals surface area contributed by atoms with Gasteiger partial charge in [0.05, 0.1) is 0 Å². The van der Waals surface area contributed by atoms with Crippen molar-refractivity contribution in [1.29, 1.82) is 0 Å². The van der Waals surface area contributed by atoms with Gasteiger partial charge in [-0.2, -0.15) is 4.98 Å². The van der Waals surface area contributed by atoms with E-state index < -0.39 is 0 Å². The lowest BCUT2D eigenvalue weighted by Gasteiger charge is -2.35. The highest BCUT2D eigenvalue weighted by Crippen LogP contribution is 2.32. The monoisotopic (exact) mass is 314 g/mol. The number of benzene rings is 1. The Kier molecular flexibility index (Phi) is 4.71. The molecule has 2 unspecified atom stereocenters. The molecule has 0 aliphatic carbocycles. The molecule has 2 N–H and O–H groups in total. The Labute approximate surface area is 135 Å². The van der Waals surface area contributed by atoms with Gasteiger partial charge in [-0.25, -0.2) is 0 Å². The molecule has 2 heterocycles. The number of hydrogen-bond donors (Lipinski definition) is 1. The SMILES string of the molecule is CC(CN)C(=O)N1CCCCC1c1nc(-c2ccccc2)no1. The average Bonchev–Trinajstić information content (AvgIpc) is 3.11. The summed E-state index contributed by atoms with van der Waals surface area (Å²) in [6.07, 6.45) is 2.90. The smallest absolute Gasteiger partial charge is 0.249 e. The van der Waals surface area contributed by atoms with Crippen molar-refractivity contribution in [3.8, 4) is 11.4 Å². The maximum atomic E-state index is 12.5. The quantitative estimate of drug-likeness (QED) is 0.936. The molecule has 1 aromatic heterocycles. The molecule has 1 aliphatic rings. The second-order valence-corrected chi connectivity index (χ2v) is 6.00. The van der Waals surface area contributed by atoms with Crippen LogP contribution in [0.1, 0.15) is 38.1 Å². The summed E-state index contributed by atoms with van der Waals surface area (Å²) in [5.74, 6) is 0.954. The summed E-state index contributed by atoms with van der Waals surface area (Å²) < 4.78 is 5.47. The molecule has 2 aromatic rings. The fourth-order valence-electron chi connectivity index (χ4n) is 2.91. The summed E-state index contributed by atoms with van der Waals surface area (Å²) in [5, 5.41) is 4.07. The fraction of sp³-hybridized carbons (Fsp3) is 0.471. The lowest BCUT2D eigenvalue weighted by Crippen LogP contribution is -2.43. The van der Waals surface area contributed by atoms with Gasteiger partial charge in [0.2, 0.25) is 17.6 Å². The van der Waals surface area contributed by atoms with Crippen molar-refractivity contribution in [3.05, 3.63) is 36.2 Å². The second kappa shape index (κ2) is 6.91. The standard InChI is InChI=1S/C17H22N4O2/c1-12(11-18)17(22)21-10-6-5-9-14(21)16-19-15(20-23-16)13-7-3-2-4-8-13/h2-4,7-8,12,14H,5-6,9-11,18H2,1H3. The van der Waals surface area contributed by atoms with Crippen LogP contribution in [0, 0.1) is 5.92 Å². The third-order valence-electron chi connectivity index (χ3n) is 4.32. The third-order valence-corrected chi connectivity index (χ3v) is 4.32. The Morgan fingerprint density at radius 3 is 2.91 bits per heavy atom. The van der Waals surface area contributed by atoms with Crippen molar-refractivity contribution in [2.45, 2.75) is 32.2 Å². The molecule has 1 aliphatic heterocycles. The number of piperidine rings is 1. The molecule has 0 saturated carbocycles. The van der Waals surface area contributed by atoms with Gasteiger partial charge in [-0.15, -0.1) is 0 Å². The van der Waals surface area contributed by atoms with Crippen LogP contribution < -0.4 is 5.73 Å². The molecule has 6 nitrogen and oxygen atoms in total. The Balaban J connectivity index is 1.84. The number of rotatable bonds is 4. The van der Waals surface area contributed by atoms with Gasteiger partial charge in [0.15, 0.2) is 0 Å². The molecule has 2 atom stereocenters. The molecule has 0 radical (unpaired) electrons. The van der Waals surface area contributed by atoms with E-state index in [1.165, 1.54) is 0 Å². The Morgan fingerprint density at radius 1 is 1.39 bits per heavy atom. The minimum Gasteiger partial charge on any atom is -0.337 e. The molecule has 1 amide bonds. The van der Waals surface area contributed by atoms with Crippen molar-refractivity contribution < 1.29 is 9.32 Å². The first-order chi connectivity index (χ1) is 11.2. The van der Waals surface area contributed by atoms with E-state index in [0.717, 1.165) is 31.4 Å². The molecular formula is C17H22N4O2. The minimum atomic E-state index is -0.188. The van der Waals surface area contributed by atoms with Gasteiger partial charge in [-0.05, 0) is 19.3 Å². The molecule has 122 valence electrons. The van der Waals surface area contributed by atoms with Crippen LogP contribution in [0.25, 0.3) is 11.4 Å². The number of carbonyl (C=O) groups excluding carboxylic acids is 1. The van der Waals surface area contributed by atoms with Crippen molar-refractivity contribution >= 4 is 5.91 Å². The first-order valence-electron chi connectivity index (χ1n) is 8.10. The van der Waals surface area contributed by atoms with Crippen LogP contribution in [0.15, 0.2) is 34.9 Å². The highest BCUT2D eigenvalue weighted by molar-refractivity contribution is 5.79. The molecule has 1 aromatic carbocycles. The van der Waals surface area contributed by atoms with Crippen LogP contribution in [0.3, 0.4) is 0 Å². The van der Waals surface area contributed by atoms with E-state index >= 15 is 0 Å². The predicted molar refractivity (Wildman–Crippen MR) is 86.3 cm³/mol. The normalized spacial score (nSPS) is 19.6. The molecule has 0 bridgehead atoms. The van der Waals surface area contributed by atoms with E-state index in [-0.39, 0.29) is 17.9 Å². The maximum absolute atomic E-state index is 12.5. The zero-order valence-electron chi connectivity index (χ0n) is 13.3. The Hall–Kier alpha value is -2.21. The van der Waals surface area contributed by atoms with Crippen LogP contribution in [-0.2, 0) is 4.79 Å². The van der Waals surface area contributed by atoms with Gasteiger partial charge in [-0.3, -0.25) is 4.79 Å². The fourth-order valence-corrected chi connectivity index (χ4v) is 2.91. The molecule has 0 spiro atoms. The number of hydrogen-bond acceptors (Lipinski definition) is 5. The van der Waals surface area contributed by atoms with Crippen molar-refractivity contribution in [1.82, 2.24) is 15.0 Å². The lowest BCUT2D eigenvalue weighted by molar-refractivity contribution is -0.139. The largest absolute Gasteiger partial charge is 0.337 e. The highest BCUT2D eigenvalue weighted by atomic mass is 16.5. The Morgan fingerprint density at radius 2 is 2.17 bits per heavy atom. The first kappa shape index (κ1) is 15.7. The molecular weight excluding hydrogens is 292 g/mol. The number of carbonyl (C=O) groups is 1. The zero-order chi connectivity index (χ0) is 16.2. The Bertz CT molecular complexity index is 656. The highest BCUT2D eigenvalue weighted by Gasteiger charge is 2.33. The van der Waals surface area contributed by atoms with Gasteiger partial charge in [0, 0.05) is 24.6 Å². The van der Waals surface area contributed by atoms with Crippen LogP contribution >= 0.6 is 0 Å². The number of aromatic nitrogens is 2. The number of nitrogens with zero attached hydrogens (tertiary/aromatic N) is 3. The molecule has 23 heavy (non-hydrogen) atoms. The van der Waals surface area contributed by atoms with Gasteiger partial charge in [0.25, 0.3) is 0 Å². The zero-order valence-corrected chi connectivity index (χ0v) is 13.3. The van der Waals surface area contributed by atoms with E-state index in [1.54, 1.807) is 0 Å². The van der Waals surface area contributed by atoms with Crippen LogP contribution in [-0.4, -0.2) is 34.0 Å². The summed E-state index contributed by atoms with van der Waals surface area (Å²) >= 11 is 0. The van der Waals surface area contributed by atoms with E-state index in [2.05, 4.69) is 10.1 Å². The van der Waals surface area contributed by atoms with Gasteiger partial charge in [-0.1, -0.05) is 42.4 Å². The van der Waals surface area contributed by atoms with Gasteiger partial charge in [0.1, 0.15) is 6.04 Å². The number of likely N-dealkylation sites (tertiary alicyclic amines) is 1.